The molecule has 20 heavy (non-hydrogen) atoms. The highest BCUT2D eigenvalue weighted by molar-refractivity contribution is 9.10. The largest absolute Gasteiger partial charge is 0.389 e. The van der Waals surface area contributed by atoms with Gasteiger partial charge in [-0.3, -0.25) is 0 Å². The Hall–Kier alpha value is -1.19. The zero-order valence-corrected chi connectivity index (χ0v) is 13.0. The van der Waals surface area contributed by atoms with Crippen molar-refractivity contribution in [2.45, 2.75) is 31.8 Å². The SMILES string of the molecule is CCC(O)(Cc1ccccc1)Cc1cccc(F)c1Br. The van der Waals surface area contributed by atoms with Gasteiger partial charge in [0.2, 0.25) is 0 Å². The normalized spacial score (nSPS) is 14.0. The van der Waals surface area contributed by atoms with Crippen molar-refractivity contribution in [1.82, 2.24) is 0 Å². The van der Waals surface area contributed by atoms with E-state index in [1.807, 2.05) is 43.3 Å². The quantitative estimate of drug-likeness (QED) is 0.851. The molecule has 2 rings (SSSR count). The third kappa shape index (κ3) is 3.68. The van der Waals surface area contributed by atoms with Gasteiger partial charge < -0.3 is 5.11 Å². The molecule has 0 aliphatic rings. The summed E-state index contributed by atoms with van der Waals surface area (Å²) < 4.78 is 14.0. The van der Waals surface area contributed by atoms with Gasteiger partial charge in [-0.05, 0) is 39.5 Å². The Labute approximate surface area is 127 Å². The van der Waals surface area contributed by atoms with E-state index >= 15 is 0 Å². The zero-order chi connectivity index (χ0) is 14.6. The highest BCUT2D eigenvalue weighted by Crippen LogP contribution is 2.28. The van der Waals surface area contributed by atoms with E-state index in [1.54, 1.807) is 6.07 Å². The molecule has 2 aromatic rings. The lowest BCUT2D eigenvalue weighted by Crippen LogP contribution is -2.33. The molecule has 0 radical (unpaired) electrons. The molecule has 3 heteroatoms. The number of halogens is 2. The predicted octanol–water partition coefficient (Wildman–Crippen LogP) is 4.51. The summed E-state index contributed by atoms with van der Waals surface area (Å²) in [6.45, 7) is 1.95. The topological polar surface area (TPSA) is 20.2 Å². The Morgan fingerprint density at radius 3 is 2.40 bits per heavy atom. The minimum absolute atomic E-state index is 0.291. The Kier molecular flexibility index (Phi) is 4.95. The molecule has 1 atom stereocenters. The van der Waals surface area contributed by atoms with Crippen LogP contribution in [0.25, 0.3) is 0 Å². The van der Waals surface area contributed by atoms with Crippen LogP contribution in [0.15, 0.2) is 53.0 Å². The maximum atomic E-state index is 13.6. The van der Waals surface area contributed by atoms with Gasteiger partial charge in [-0.1, -0.05) is 49.4 Å². The van der Waals surface area contributed by atoms with E-state index in [0.29, 0.717) is 23.7 Å². The first-order chi connectivity index (χ1) is 9.54. The predicted molar refractivity (Wildman–Crippen MR) is 83.2 cm³/mol. The van der Waals surface area contributed by atoms with Crippen LogP contribution in [0.1, 0.15) is 24.5 Å². The summed E-state index contributed by atoms with van der Waals surface area (Å²) in [5, 5.41) is 10.8. The van der Waals surface area contributed by atoms with Gasteiger partial charge >= 0.3 is 0 Å². The van der Waals surface area contributed by atoms with Crippen LogP contribution in [0.4, 0.5) is 4.39 Å². The van der Waals surface area contributed by atoms with Gasteiger partial charge in [-0.25, -0.2) is 4.39 Å². The van der Waals surface area contributed by atoms with E-state index in [4.69, 9.17) is 0 Å². The number of benzene rings is 2. The number of rotatable bonds is 5. The molecule has 0 fully saturated rings. The fourth-order valence-corrected chi connectivity index (χ4v) is 2.73. The Morgan fingerprint density at radius 1 is 1.05 bits per heavy atom. The molecule has 0 amide bonds. The van der Waals surface area contributed by atoms with E-state index in [2.05, 4.69) is 15.9 Å². The summed E-state index contributed by atoms with van der Waals surface area (Å²) in [5.74, 6) is -0.291. The lowest BCUT2D eigenvalue weighted by atomic mass is 9.86. The van der Waals surface area contributed by atoms with Gasteiger partial charge in [-0.2, -0.15) is 0 Å². The molecule has 2 aromatic carbocycles. The van der Waals surface area contributed by atoms with Crippen LogP contribution in [0.3, 0.4) is 0 Å². The second-order valence-corrected chi connectivity index (χ2v) is 5.92. The molecule has 0 aliphatic carbocycles. The minimum atomic E-state index is -0.863. The summed E-state index contributed by atoms with van der Waals surface area (Å²) in [7, 11) is 0. The van der Waals surface area contributed by atoms with Crippen molar-refractivity contribution in [1.29, 1.82) is 0 Å². The van der Waals surface area contributed by atoms with E-state index < -0.39 is 5.60 Å². The Bertz CT molecular complexity index is 570. The van der Waals surface area contributed by atoms with Crippen LogP contribution in [-0.2, 0) is 12.8 Å². The number of aliphatic hydroxyl groups is 1. The smallest absolute Gasteiger partial charge is 0.137 e. The molecule has 0 aromatic heterocycles. The molecule has 0 bridgehead atoms. The fourth-order valence-electron chi connectivity index (χ4n) is 2.33. The summed E-state index contributed by atoms with van der Waals surface area (Å²) in [6.07, 6.45) is 1.61. The molecule has 1 nitrogen and oxygen atoms in total. The summed E-state index contributed by atoms with van der Waals surface area (Å²) in [6, 6.07) is 14.8. The van der Waals surface area contributed by atoms with Crippen molar-refractivity contribution in [3.8, 4) is 0 Å². The van der Waals surface area contributed by atoms with Crippen LogP contribution in [-0.4, -0.2) is 10.7 Å². The van der Waals surface area contributed by atoms with Crippen LogP contribution in [0, 0.1) is 5.82 Å². The van der Waals surface area contributed by atoms with Gasteiger partial charge in [-0.15, -0.1) is 0 Å². The first kappa shape index (κ1) is 15.2. The molecular weight excluding hydrogens is 319 g/mol. The minimum Gasteiger partial charge on any atom is -0.389 e. The molecule has 0 saturated carbocycles. The monoisotopic (exact) mass is 336 g/mol. The molecule has 0 saturated heterocycles. The highest BCUT2D eigenvalue weighted by Gasteiger charge is 2.26. The van der Waals surface area contributed by atoms with Gasteiger partial charge in [0.25, 0.3) is 0 Å². The van der Waals surface area contributed by atoms with Crippen molar-refractivity contribution in [2.75, 3.05) is 0 Å². The van der Waals surface area contributed by atoms with E-state index in [-0.39, 0.29) is 5.82 Å². The molecular formula is C17H18BrFO. The van der Waals surface area contributed by atoms with Gasteiger partial charge in [0.15, 0.2) is 0 Å². The first-order valence-corrected chi connectivity index (χ1v) is 7.52. The second kappa shape index (κ2) is 6.51. The molecule has 106 valence electrons. The standard InChI is InChI=1S/C17H18BrFO/c1-2-17(20,11-13-7-4-3-5-8-13)12-14-9-6-10-15(19)16(14)18/h3-10,20H,2,11-12H2,1H3. The summed E-state index contributed by atoms with van der Waals surface area (Å²) in [4.78, 5) is 0. The lowest BCUT2D eigenvalue weighted by molar-refractivity contribution is 0.0366. The van der Waals surface area contributed by atoms with Crippen LogP contribution in [0.5, 0.6) is 0 Å². The first-order valence-electron chi connectivity index (χ1n) is 6.73. The van der Waals surface area contributed by atoms with Crippen molar-refractivity contribution in [2.24, 2.45) is 0 Å². The molecule has 1 unspecified atom stereocenters. The van der Waals surface area contributed by atoms with Gasteiger partial charge in [0.1, 0.15) is 5.82 Å². The maximum absolute atomic E-state index is 13.6. The van der Waals surface area contributed by atoms with Crippen molar-refractivity contribution >= 4 is 15.9 Å². The Balaban J connectivity index is 2.21. The lowest BCUT2D eigenvalue weighted by Gasteiger charge is -2.27. The number of hydrogen-bond acceptors (Lipinski definition) is 1. The van der Waals surface area contributed by atoms with E-state index in [9.17, 15) is 9.50 Å². The fraction of sp³-hybridized carbons (Fsp3) is 0.294. The molecule has 0 aliphatic heterocycles. The third-order valence-electron chi connectivity index (χ3n) is 3.59. The average Bonchev–Trinajstić information content (AvgIpc) is 2.45. The maximum Gasteiger partial charge on any atom is 0.137 e. The van der Waals surface area contributed by atoms with Crippen LogP contribution in [0.2, 0.25) is 0 Å². The molecule has 0 spiro atoms. The van der Waals surface area contributed by atoms with Gasteiger partial charge in [0, 0.05) is 12.8 Å². The van der Waals surface area contributed by atoms with E-state index in [1.165, 1.54) is 6.07 Å². The van der Waals surface area contributed by atoms with Crippen molar-refractivity contribution < 1.29 is 9.50 Å². The number of hydrogen-bond donors (Lipinski definition) is 1. The van der Waals surface area contributed by atoms with Gasteiger partial charge in [0.05, 0.1) is 10.1 Å². The Morgan fingerprint density at radius 2 is 1.75 bits per heavy atom. The zero-order valence-electron chi connectivity index (χ0n) is 11.4. The second-order valence-electron chi connectivity index (χ2n) is 5.13. The van der Waals surface area contributed by atoms with E-state index in [0.717, 1.165) is 11.1 Å². The third-order valence-corrected chi connectivity index (χ3v) is 4.47. The van der Waals surface area contributed by atoms with Crippen molar-refractivity contribution in [3.63, 3.8) is 0 Å². The summed E-state index contributed by atoms with van der Waals surface area (Å²) >= 11 is 3.26. The van der Waals surface area contributed by atoms with Crippen LogP contribution < -0.4 is 0 Å². The van der Waals surface area contributed by atoms with Crippen molar-refractivity contribution in [3.05, 3.63) is 69.9 Å². The molecule has 0 heterocycles. The average molecular weight is 337 g/mol. The summed E-state index contributed by atoms with van der Waals surface area (Å²) in [5.41, 5.74) is 1.02. The highest BCUT2D eigenvalue weighted by atomic mass is 79.9. The van der Waals surface area contributed by atoms with Crippen LogP contribution >= 0.6 is 15.9 Å². The molecule has 1 N–H and O–H groups in total.